The topological polar surface area (TPSA) is 56.7 Å². The van der Waals surface area contributed by atoms with Crippen LogP contribution in [0.2, 0.25) is 5.02 Å². The van der Waals surface area contributed by atoms with Gasteiger partial charge in [-0.05, 0) is 41.7 Å². The second-order valence-corrected chi connectivity index (χ2v) is 7.36. The predicted octanol–water partition coefficient (Wildman–Crippen LogP) is 3.99. The second-order valence-electron chi connectivity index (χ2n) is 6.92. The van der Waals surface area contributed by atoms with Gasteiger partial charge in [-0.2, -0.15) is 0 Å². The first-order valence-electron chi connectivity index (χ1n) is 9.69. The van der Waals surface area contributed by atoms with E-state index in [1.807, 2.05) is 35.2 Å². The molecule has 2 N–H and O–H groups in total. The van der Waals surface area contributed by atoms with Crippen molar-refractivity contribution in [1.82, 2.24) is 15.5 Å². The van der Waals surface area contributed by atoms with Gasteiger partial charge in [0, 0.05) is 44.7 Å². The fourth-order valence-electron chi connectivity index (χ4n) is 3.38. The molecule has 0 bridgehead atoms. The Bertz CT molecular complexity index is 843. The van der Waals surface area contributed by atoms with Crippen molar-refractivity contribution in [2.75, 3.05) is 20.1 Å². The molecule has 0 aliphatic carbocycles. The van der Waals surface area contributed by atoms with Gasteiger partial charge in [0.15, 0.2) is 5.96 Å². The number of benzene rings is 2. The Balaban J connectivity index is 0.00000300. The molecule has 29 heavy (non-hydrogen) atoms. The highest BCUT2D eigenvalue weighted by Crippen LogP contribution is 2.17. The Morgan fingerprint density at radius 3 is 2.62 bits per heavy atom. The number of nitrogens with one attached hydrogen (secondary N) is 2. The first-order valence-corrected chi connectivity index (χ1v) is 10.1. The number of halogens is 2. The minimum atomic E-state index is 0. The molecule has 0 atom stereocenters. The molecule has 5 nitrogen and oxygen atoms in total. The van der Waals surface area contributed by atoms with Crippen molar-refractivity contribution >= 4 is 47.4 Å². The van der Waals surface area contributed by atoms with Gasteiger partial charge in [0.1, 0.15) is 0 Å². The van der Waals surface area contributed by atoms with E-state index >= 15 is 0 Å². The molecule has 1 saturated heterocycles. The van der Waals surface area contributed by atoms with Crippen LogP contribution in [-0.2, 0) is 24.3 Å². The quantitative estimate of drug-likeness (QED) is 0.326. The second kappa shape index (κ2) is 12.0. The number of rotatable bonds is 7. The summed E-state index contributed by atoms with van der Waals surface area (Å²) in [6.07, 6.45) is 2.50. The molecule has 1 aliphatic rings. The molecule has 1 fully saturated rings. The van der Waals surface area contributed by atoms with Gasteiger partial charge in [-0.15, -0.1) is 24.0 Å². The van der Waals surface area contributed by atoms with Crippen LogP contribution in [0.4, 0.5) is 0 Å². The number of guanidine groups is 1. The van der Waals surface area contributed by atoms with Crippen LogP contribution in [0.1, 0.15) is 29.5 Å². The summed E-state index contributed by atoms with van der Waals surface area (Å²) >= 11 is 6.03. The van der Waals surface area contributed by atoms with Gasteiger partial charge in [0.2, 0.25) is 5.91 Å². The lowest BCUT2D eigenvalue weighted by Crippen LogP contribution is -2.38. The highest BCUT2D eigenvalue weighted by molar-refractivity contribution is 14.0. The maximum Gasteiger partial charge on any atom is 0.222 e. The van der Waals surface area contributed by atoms with Gasteiger partial charge in [-0.1, -0.05) is 48.0 Å². The molecule has 0 unspecified atom stereocenters. The molecule has 1 heterocycles. The maximum absolute atomic E-state index is 11.9. The van der Waals surface area contributed by atoms with Crippen LogP contribution in [0.5, 0.6) is 0 Å². The lowest BCUT2D eigenvalue weighted by atomic mass is 10.1. The van der Waals surface area contributed by atoms with E-state index in [0.717, 1.165) is 36.9 Å². The zero-order chi connectivity index (χ0) is 19.8. The first-order chi connectivity index (χ1) is 13.7. The number of carbonyl (C=O) groups excluding carboxylic acids is 1. The van der Waals surface area contributed by atoms with Crippen LogP contribution in [-0.4, -0.2) is 36.9 Å². The molecule has 7 heteroatoms. The van der Waals surface area contributed by atoms with Crippen LogP contribution in [0.3, 0.4) is 0 Å². The highest BCUT2D eigenvalue weighted by atomic mass is 127. The fraction of sp³-hybridized carbons (Fsp3) is 0.364. The molecule has 0 saturated carbocycles. The largest absolute Gasteiger partial charge is 0.356 e. The zero-order valence-corrected chi connectivity index (χ0v) is 19.7. The summed E-state index contributed by atoms with van der Waals surface area (Å²) in [7, 11) is 1.77. The summed E-state index contributed by atoms with van der Waals surface area (Å²) in [5, 5.41) is 7.47. The van der Waals surface area contributed by atoms with Crippen molar-refractivity contribution in [2.45, 2.75) is 32.4 Å². The third kappa shape index (κ3) is 7.19. The SMILES string of the molecule is CN=C(NCCc1cccc(Cl)c1)NCc1ccccc1CN1CCCC1=O.I. The predicted molar refractivity (Wildman–Crippen MR) is 130 cm³/mol. The molecule has 0 aromatic heterocycles. The number of nitrogens with zero attached hydrogens (tertiary/aromatic N) is 2. The number of likely N-dealkylation sites (tertiary alicyclic amines) is 1. The van der Waals surface area contributed by atoms with E-state index in [0.29, 0.717) is 19.5 Å². The molecule has 2 aromatic carbocycles. The zero-order valence-electron chi connectivity index (χ0n) is 16.7. The summed E-state index contributed by atoms with van der Waals surface area (Å²) in [5.74, 6) is 1.01. The van der Waals surface area contributed by atoms with E-state index in [4.69, 9.17) is 11.6 Å². The average molecular weight is 527 g/mol. The Morgan fingerprint density at radius 1 is 1.14 bits per heavy atom. The third-order valence-corrected chi connectivity index (χ3v) is 5.15. The Kier molecular flexibility index (Phi) is 9.73. The normalized spacial score (nSPS) is 13.9. The van der Waals surface area contributed by atoms with Gasteiger partial charge in [-0.3, -0.25) is 9.79 Å². The van der Waals surface area contributed by atoms with Crippen molar-refractivity contribution in [1.29, 1.82) is 0 Å². The van der Waals surface area contributed by atoms with Crippen molar-refractivity contribution in [2.24, 2.45) is 4.99 Å². The summed E-state index contributed by atoms with van der Waals surface area (Å²) in [6.45, 7) is 2.96. The summed E-state index contributed by atoms with van der Waals surface area (Å²) in [4.78, 5) is 18.2. The van der Waals surface area contributed by atoms with Gasteiger partial charge in [0.25, 0.3) is 0 Å². The van der Waals surface area contributed by atoms with E-state index in [-0.39, 0.29) is 29.9 Å². The van der Waals surface area contributed by atoms with Gasteiger partial charge in [-0.25, -0.2) is 0 Å². The lowest BCUT2D eigenvalue weighted by molar-refractivity contribution is -0.128. The smallest absolute Gasteiger partial charge is 0.222 e. The summed E-state index contributed by atoms with van der Waals surface area (Å²) in [5.41, 5.74) is 3.55. The molecule has 1 aliphatic heterocycles. The molecule has 0 spiro atoms. The van der Waals surface area contributed by atoms with Crippen molar-refractivity contribution in [3.63, 3.8) is 0 Å². The van der Waals surface area contributed by atoms with Crippen molar-refractivity contribution in [3.05, 3.63) is 70.2 Å². The Labute approximate surface area is 194 Å². The third-order valence-electron chi connectivity index (χ3n) is 4.92. The highest BCUT2D eigenvalue weighted by Gasteiger charge is 2.20. The van der Waals surface area contributed by atoms with Crippen LogP contribution < -0.4 is 10.6 Å². The Hall–Kier alpha value is -1.80. The fourth-order valence-corrected chi connectivity index (χ4v) is 3.59. The Morgan fingerprint density at radius 2 is 1.93 bits per heavy atom. The molecule has 3 rings (SSSR count). The standard InChI is InChI=1S/C22H27ClN4O.HI/c1-24-22(25-12-11-17-6-4-9-20(23)14-17)26-15-18-7-2-3-8-19(18)16-27-13-5-10-21(27)28;/h2-4,6-9,14H,5,10-13,15-16H2,1H3,(H2,24,25,26);1H. The minimum absolute atomic E-state index is 0. The van der Waals surface area contributed by atoms with Gasteiger partial charge >= 0.3 is 0 Å². The monoisotopic (exact) mass is 526 g/mol. The van der Waals surface area contributed by atoms with Gasteiger partial charge < -0.3 is 15.5 Å². The van der Waals surface area contributed by atoms with E-state index in [1.54, 1.807) is 7.05 Å². The van der Waals surface area contributed by atoms with Crippen molar-refractivity contribution < 1.29 is 4.79 Å². The molecule has 1 amide bonds. The van der Waals surface area contributed by atoms with E-state index < -0.39 is 0 Å². The average Bonchev–Trinajstić information content (AvgIpc) is 3.10. The summed E-state index contributed by atoms with van der Waals surface area (Å²) in [6, 6.07) is 16.1. The van der Waals surface area contributed by atoms with Crippen LogP contribution in [0.25, 0.3) is 0 Å². The maximum atomic E-state index is 11.9. The molecule has 2 aromatic rings. The molecular weight excluding hydrogens is 499 g/mol. The molecule has 156 valence electrons. The number of amides is 1. The lowest BCUT2D eigenvalue weighted by Gasteiger charge is -2.19. The molecule has 0 radical (unpaired) electrons. The molecular formula is C22H28ClIN4O. The number of hydrogen-bond donors (Lipinski definition) is 2. The van der Waals surface area contributed by atoms with Crippen molar-refractivity contribution in [3.8, 4) is 0 Å². The number of hydrogen-bond acceptors (Lipinski definition) is 2. The van der Waals surface area contributed by atoms with Gasteiger partial charge in [0.05, 0.1) is 0 Å². The van der Waals surface area contributed by atoms with E-state index in [9.17, 15) is 4.79 Å². The van der Waals surface area contributed by atoms with Crippen LogP contribution in [0.15, 0.2) is 53.5 Å². The van der Waals surface area contributed by atoms with E-state index in [1.165, 1.54) is 16.7 Å². The van der Waals surface area contributed by atoms with E-state index in [2.05, 4.69) is 33.8 Å². The van der Waals surface area contributed by atoms with Crippen LogP contribution in [0, 0.1) is 0 Å². The number of aliphatic imine (C=N–C) groups is 1. The first kappa shape index (κ1) is 23.5. The number of carbonyl (C=O) groups is 1. The van der Waals surface area contributed by atoms with Crippen LogP contribution >= 0.6 is 35.6 Å². The minimum Gasteiger partial charge on any atom is -0.356 e. The summed E-state index contributed by atoms with van der Waals surface area (Å²) < 4.78 is 0.